The summed E-state index contributed by atoms with van der Waals surface area (Å²) in [5, 5.41) is 3.90. The number of carbonyl (C=O) groups is 3. The highest BCUT2D eigenvalue weighted by Gasteiger charge is 2.47. The molecule has 1 aliphatic carbocycles. The predicted octanol–water partition coefficient (Wildman–Crippen LogP) is 4.95. The standard InChI is InChI=1S/C24H27Cl2NO5/c1-6-12(3)32-24(30)19-13(4)27-17-9-11(2)18(23(29)31-5)22(28)21(17)20(19)14-7-8-15(25)16(26)10-14/h7-8,10-12,18,20,27H,6,9H2,1-5H3/t11-,12-,18-,20+/m1/s1. The van der Waals surface area contributed by atoms with E-state index < -0.39 is 23.8 Å². The van der Waals surface area contributed by atoms with Crippen molar-refractivity contribution in [2.75, 3.05) is 7.11 Å². The number of hydrogen-bond donors (Lipinski definition) is 1. The van der Waals surface area contributed by atoms with Crippen molar-refractivity contribution in [1.82, 2.24) is 5.32 Å². The van der Waals surface area contributed by atoms with Crippen LogP contribution in [0, 0.1) is 11.8 Å². The van der Waals surface area contributed by atoms with E-state index in [4.69, 9.17) is 32.7 Å². The zero-order valence-electron chi connectivity index (χ0n) is 18.8. The molecule has 1 aromatic rings. The Morgan fingerprint density at radius 3 is 2.53 bits per heavy atom. The van der Waals surface area contributed by atoms with Crippen molar-refractivity contribution in [3.05, 3.63) is 56.3 Å². The van der Waals surface area contributed by atoms with Gasteiger partial charge in [0.2, 0.25) is 0 Å². The van der Waals surface area contributed by atoms with Gasteiger partial charge in [0, 0.05) is 22.9 Å². The van der Waals surface area contributed by atoms with Crippen LogP contribution in [-0.4, -0.2) is 30.9 Å². The maximum atomic E-state index is 13.6. The molecule has 0 spiro atoms. The summed E-state index contributed by atoms with van der Waals surface area (Å²) in [7, 11) is 1.26. The first kappa shape index (κ1) is 24.3. The molecule has 1 heterocycles. The molecule has 1 N–H and O–H groups in total. The quantitative estimate of drug-likeness (QED) is 0.475. The number of benzene rings is 1. The molecule has 4 atom stereocenters. The van der Waals surface area contributed by atoms with Gasteiger partial charge in [0.25, 0.3) is 0 Å². The van der Waals surface area contributed by atoms with Crippen LogP contribution in [0.15, 0.2) is 40.7 Å². The second-order valence-electron chi connectivity index (χ2n) is 8.33. The SMILES string of the molecule is CC[C@@H](C)OC(=O)C1=C(C)NC2=C(C(=O)[C@H](C(=O)OC)[C@H](C)C2)[C@H]1c1ccc(Cl)c(Cl)c1. The number of allylic oxidation sites excluding steroid dienone is 3. The summed E-state index contributed by atoms with van der Waals surface area (Å²) < 4.78 is 10.5. The minimum absolute atomic E-state index is 0.253. The van der Waals surface area contributed by atoms with Crippen LogP contribution < -0.4 is 5.32 Å². The Labute approximate surface area is 197 Å². The second kappa shape index (κ2) is 9.67. The number of hydrogen-bond acceptors (Lipinski definition) is 6. The van der Waals surface area contributed by atoms with Gasteiger partial charge in [-0.15, -0.1) is 0 Å². The van der Waals surface area contributed by atoms with Crippen molar-refractivity contribution in [2.45, 2.75) is 52.6 Å². The predicted molar refractivity (Wildman–Crippen MR) is 122 cm³/mol. The van der Waals surface area contributed by atoms with Gasteiger partial charge in [0.1, 0.15) is 5.92 Å². The molecule has 0 bridgehead atoms. The first-order chi connectivity index (χ1) is 15.1. The number of halogens is 2. The summed E-state index contributed by atoms with van der Waals surface area (Å²) in [5.41, 5.74) is 2.59. The van der Waals surface area contributed by atoms with Crippen molar-refractivity contribution >= 4 is 40.9 Å². The molecule has 0 aromatic heterocycles. The van der Waals surface area contributed by atoms with Crippen LogP contribution in [0.4, 0.5) is 0 Å². The molecule has 0 fully saturated rings. The Morgan fingerprint density at radius 2 is 1.94 bits per heavy atom. The first-order valence-electron chi connectivity index (χ1n) is 10.6. The summed E-state index contributed by atoms with van der Waals surface area (Å²) in [4.78, 5) is 39.3. The highest BCUT2D eigenvalue weighted by Crippen LogP contribution is 2.46. The molecular formula is C24H27Cl2NO5. The molecule has 0 unspecified atom stereocenters. The van der Waals surface area contributed by atoms with E-state index in [1.54, 1.807) is 25.1 Å². The van der Waals surface area contributed by atoms with E-state index in [2.05, 4.69) is 5.32 Å². The molecule has 0 amide bonds. The van der Waals surface area contributed by atoms with Gasteiger partial charge in [-0.1, -0.05) is 43.1 Å². The summed E-state index contributed by atoms with van der Waals surface area (Å²) in [6.07, 6.45) is 0.819. The van der Waals surface area contributed by atoms with Gasteiger partial charge in [-0.25, -0.2) is 4.79 Å². The zero-order chi connectivity index (χ0) is 23.7. The minimum Gasteiger partial charge on any atom is -0.468 e. The van der Waals surface area contributed by atoms with Crippen LogP contribution in [-0.2, 0) is 23.9 Å². The monoisotopic (exact) mass is 479 g/mol. The topological polar surface area (TPSA) is 81.7 Å². The number of esters is 2. The first-order valence-corrected chi connectivity index (χ1v) is 11.3. The highest BCUT2D eigenvalue weighted by molar-refractivity contribution is 6.42. The van der Waals surface area contributed by atoms with Crippen LogP contribution in [0.2, 0.25) is 10.0 Å². The molecule has 172 valence electrons. The van der Waals surface area contributed by atoms with Crippen LogP contribution in [0.3, 0.4) is 0 Å². The van der Waals surface area contributed by atoms with Crippen LogP contribution in [0.5, 0.6) is 0 Å². The van der Waals surface area contributed by atoms with Gasteiger partial charge >= 0.3 is 11.9 Å². The lowest BCUT2D eigenvalue weighted by molar-refractivity contribution is -0.151. The number of nitrogens with one attached hydrogen (secondary N) is 1. The highest BCUT2D eigenvalue weighted by atomic mass is 35.5. The van der Waals surface area contributed by atoms with Gasteiger partial charge in [-0.2, -0.15) is 0 Å². The lowest BCUT2D eigenvalue weighted by atomic mass is 9.69. The van der Waals surface area contributed by atoms with Crippen molar-refractivity contribution in [3.63, 3.8) is 0 Å². The van der Waals surface area contributed by atoms with Crippen molar-refractivity contribution in [1.29, 1.82) is 0 Å². The normalized spacial score (nSPS) is 24.0. The van der Waals surface area contributed by atoms with Gasteiger partial charge < -0.3 is 14.8 Å². The van der Waals surface area contributed by atoms with Gasteiger partial charge in [0.05, 0.1) is 28.8 Å². The molecule has 8 heteroatoms. The maximum absolute atomic E-state index is 13.6. The molecule has 0 saturated heterocycles. The van der Waals surface area contributed by atoms with Crippen molar-refractivity contribution < 1.29 is 23.9 Å². The molecule has 6 nitrogen and oxygen atoms in total. The third-order valence-electron chi connectivity index (χ3n) is 6.12. The Balaban J connectivity index is 2.19. The van der Waals surface area contributed by atoms with E-state index in [9.17, 15) is 14.4 Å². The third-order valence-corrected chi connectivity index (χ3v) is 6.86. The Bertz CT molecular complexity index is 1030. The number of rotatable bonds is 5. The average Bonchev–Trinajstić information content (AvgIpc) is 2.74. The minimum atomic E-state index is -0.948. The second-order valence-corrected chi connectivity index (χ2v) is 9.15. The molecule has 1 aromatic carbocycles. The fraction of sp³-hybridized carbons (Fsp3) is 0.458. The third kappa shape index (κ3) is 4.44. The van der Waals surface area contributed by atoms with Gasteiger partial charge in [0.15, 0.2) is 5.78 Å². The number of methoxy groups -OCH3 is 1. The maximum Gasteiger partial charge on any atom is 0.337 e. The molecule has 3 rings (SSSR count). The summed E-state index contributed by atoms with van der Waals surface area (Å²) in [5.74, 6) is -3.42. The van der Waals surface area contributed by atoms with Crippen LogP contribution in [0.1, 0.15) is 52.0 Å². The van der Waals surface area contributed by atoms with Gasteiger partial charge in [-0.05, 0) is 50.3 Å². The van der Waals surface area contributed by atoms with E-state index in [1.807, 2.05) is 20.8 Å². The number of ether oxygens (including phenoxy) is 2. The summed E-state index contributed by atoms with van der Waals surface area (Å²) in [6.45, 7) is 7.35. The van der Waals surface area contributed by atoms with E-state index in [1.165, 1.54) is 7.11 Å². The van der Waals surface area contributed by atoms with Gasteiger partial charge in [-0.3, -0.25) is 9.59 Å². The molecule has 32 heavy (non-hydrogen) atoms. The fourth-order valence-corrected chi connectivity index (χ4v) is 4.61. The van der Waals surface area contributed by atoms with E-state index in [0.717, 1.165) is 0 Å². The summed E-state index contributed by atoms with van der Waals surface area (Å²) in [6, 6.07) is 5.01. The Morgan fingerprint density at radius 1 is 1.25 bits per heavy atom. The van der Waals surface area contributed by atoms with Crippen molar-refractivity contribution in [2.24, 2.45) is 11.8 Å². The molecule has 1 aliphatic heterocycles. The Kier molecular flexibility index (Phi) is 7.36. The van der Waals surface area contributed by atoms with E-state index in [0.29, 0.717) is 51.0 Å². The lowest BCUT2D eigenvalue weighted by Gasteiger charge is -2.38. The number of ketones is 1. The Hall–Kier alpha value is -2.31. The molecule has 2 aliphatic rings. The lowest BCUT2D eigenvalue weighted by Crippen LogP contribution is -2.43. The smallest absolute Gasteiger partial charge is 0.337 e. The van der Waals surface area contributed by atoms with Crippen LogP contribution in [0.25, 0.3) is 0 Å². The van der Waals surface area contributed by atoms with E-state index >= 15 is 0 Å². The molecule has 0 saturated carbocycles. The zero-order valence-corrected chi connectivity index (χ0v) is 20.3. The number of Topliss-reactive ketones (excluding diaryl/α,β-unsaturated/α-hetero) is 1. The largest absolute Gasteiger partial charge is 0.468 e. The van der Waals surface area contributed by atoms with Crippen LogP contribution >= 0.6 is 23.2 Å². The number of dihydropyridines is 1. The average molecular weight is 480 g/mol. The molecule has 0 radical (unpaired) electrons. The van der Waals surface area contributed by atoms with E-state index in [-0.39, 0.29) is 17.8 Å². The summed E-state index contributed by atoms with van der Waals surface area (Å²) >= 11 is 12.4. The van der Waals surface area contributed by atoms with Crippen molar-refractivity contribution in [3.8, 4) is 0 Å². The fourth-order valence-electron chi connectivity index (χ4n) is 4.31. The molecular weight excluding hydrogens is 453 g/mol. The number of carbonyl (C=O) groups excluding carboxylic acids is 3.